The number of anilines is 2. The number of fused-ring (bicyclic) bond motifs is 1. The number of carboxylic acids is 1. The van der Waals surface area contributed by atoms with Gasteiger partial charge in [-0.05, 0) is 24.1 Å². The highest BCUT2D eigenvalue weighted by Gasteiger charge is 2.54. The van der Waals surface area contributed by atoms with Gasteiger partial charge in [0.2, 0.25) is 6.04 Å². The molecule has 0 aromatic carbocycles. The van der Waals surface area contributed by atoms with E-state index in [1.807, 2.05) is 0 Å². The standard InChI is InChI=1S/C18H15ClFN7O5S2/c19-13-10(25-18(22)34-13)11(26-32)15(28)24-9-7-1-2-8(12(17(30)31)27(7)16(9)29)33-5-3-6(20)14(21)23-4-5/h3-4,7,9,11H,1-2H2,(H2,21,23)(H2,22,25)(H,24,28)(H,30,31)/t7?,9-,11?/m0/s1. The number of nitrogens with one attached hydrogen (secondary N) is 1. The third kappa shape index (κ3) is 4.17. The van der Waals surface area contributed by atoms with E-state index in [2.05, 4.69) is 20.5 Å². The van der Waals surface area contributed by atoms with Crippen molar-refractivity contribution in [2.45, 2.75) is 35.9 Å². The fourth-order valence-corrected chi connectivity index (χ4v) is 5.74. The number of carboxylic acid groups (broad SMARTS) is 1. The first kappa shape index (κ1) is 23.8. The van der Waals surface area contributed by atoms with Gasteiger partial charge in [0.15, 0.2) is 16.8 Å². The monoisotopic (exact) mass is 527 g/mol. The number of halogens is 2. The Balaban J connectivity index is 1.53. The minimum Gasteiger partial charge on any atom is -0.477 e. The second kappa shape index (κ2) is 9.15. The zero-order valence-corrected chi connectivity index (χ0v) is 19.3. The molecule has 2 aliphatic rings. The summed E-state index contributed by atoms with van der Waals surface area (Å²) in [6.45, 7) is 0. The number of amides is 2. The van der Waals surface area contributed by atoms with Crippen molar-refractivity contribution in [1.82, 2.24) is 20.2 Å². The van der Waals surface area contributed by atoms with E-state index in [0.29, 0.717) is 16.2 Å². The Bertz CT molecular complexity index is 1260. The zero-order valence-electron chi connectivity index (χ0n) is 16.9. The van der Waals surface area contributed by atoms with Gasteiger partial charge >= 0.3 is 5.97 Å². The molecule has 2 aliphatic heterocycles. The average Bonchev–Trinajstić information content (AvgIpc) is 3.12. The number of hydrogen-bond acceptors (Lipinski definition) is 11. The maximum Gasteiger partial charge on any atom is 0.353 e. The summed E-state index contributed by atoms with van der Waals surface area (Å²) >= 11 is 7.78. The molecule has 16 heteroatoms. The third-order valence-corrected chi connectivity index (χ3v) is 7.43. The Hall–Kier alpha value is -3.30. The highest BCUT2D eigenvalue weighted by atomic mass is 35.5. The van der Waals surface area contributed by atoms with Crippen LogP contribution in [0, 0.1) is 10.7 Å². The molecule has 1 fully saturated rings. The number of thiazole rings is 1. The van der Waals surface area contributed by atoms with Crippen LogP contribution < -0.4 is 16.8 Å². The zero-order chi connectivity index (χ0) is 24.7. The van der Waals surface area contributed by atoms with Crippen molar-refractivity contribution in [3.8, 4) is 0 Å². The van der Waals surface area contributed by atoms with Crippen LogP contribution in [0.15, 0.2) is 32.9 Å². The summed E-state index contributed by atoms with van der Waals surface area (Å²) in [4.78, 5) is 58.0. The predicted octanol–water partition coefficient (Wildman–Crippen LogP) is 1.88. The van der Waals surface area contributed by atoms with Gasteiger partial charge in [-0.3, -0.25) is 14.5 Å². The van der Waals surface area contributed by atoms with Crippen molar-refractivity contribution in [2.24, 2.45) is 5.18 Å². The molecule has 0 spiro atoms. The number of carbonyl (C=O) groups excluding carboxylic acids is 2. The van der Waals surface area contributed by atoms with Gasteiger partial charge in [0.25, 0.3) is 11.8 Å². The largest absolute Gasteiger partial charge is 0.477 e. The van der Waals surface area contributed by atoms with E-state index in [9.17, 15) is 28.8 Å². The number of carbonyl (C=O) groups is 3. The van der Waals surface area contributed by atoms with Crippen LogP contribution in [0.4, 0.5) is 15.3 Å². The molecule has 4 heterocycles. The van der Waals surface area contributed by atoms with Gasteiger partial charge in [0, 0.05) is 16.0 Å². The fourth-order valence-electron chi connectivity index (χ4n) is 3.71. The van der Waals surface area contributed by atoms with Crippen molar-refractivity contribution >= 4 is 63.4 Å². The number of nitrogens with two attached hydrogens (primary N) is 2. The Kier molecular flexibility index (Phi) is 6.42. The molecule has 0 radical (unpaired) electrons. The average molecular weight is 528 g/mol. The fraction of sp³-hybridized carbons (Fsp3) is 0.278. The van der Waals surface area contributed by atoms with Crippen molar-refractivity contribution < 1.29 is 23.9 Å². The maximum atomic E-state index is 13.7. The number of aromatic nitrogens is 2. The smallest absolute Gasteiger partial charge is 0.353 e. The van der Waals surface area contributed by atoms with Crippen LogP contribution in [0.3, 0.4) is 0 Å². The van der Waals surface area contributed by atoms with Gasteiger partial charge in [-0.25, -0.2) is 19.2 Å². The summed E-state index contributed by atoms with van der Waals surface area (Å²) in [5.41, 5.74) is 10.5. The van der Waals surface area contributed by atoms with Crippen LogP contribution in [0.25, 0.3) is 0 Å². The maximum absolute atomic E-state index is 13.7. The molecular formula is C18H15ClFN7O5S2. The molecule has 2 amide bonds. The number of nitroso groups, excluding NO2 is 1. The normalized spacial score (nSPS) is 20.4. The van der Waals surface area contributed by atoms with Gasteiger partial charge in [-0.15, -0.1) is 4.91 Å². The Morgan fingerprint density at radius 2 is 2.18 bits per heavy atom. The molecule has 12 nitrogen and oxygen atoms in total. The minimum absolute atomic E-state index is 0.0165. The van der Waals surface area contributed by atoms with Crippen LogP contribution in [0.5, 0.6) is 0 Å². The summed E-state index contributed by atoms with van der Waals surface area (Å²) in [6.07, 6.45) is 1.85. The Morgan fingerprint density at radius 1 is 1.44 bits per heavy atom. The van der Waals surface area contributed by atoms with Crippen molar-refractivity contribution in [3.63, 3.8) is 0 Å². The van der Waals surface area contributed by atoms with Gasteiger partial charge in [-0.2, -0.15) is 0 Å². The van der Waals surface area contributed by atoms with E-state index >= 15 is 0 Å². The van der Waals surface area contributed by atoms with Crippen molar-refractivity contribution in [3.05, 3.63) is 43.6 Å². The SMILES string of the molecule is Nc1nc(C(N=O)C(=O)N[C@@H]2C(=O)N3C(C(=O)O)=C(Sc4cnc(N)c(F)c4)CCC23)c(Cl)s1. The second-order valence-corrected chi connectivity index (χ2v) is 10.0. The number of nitrogen functional groups attached to an aromatic ring is 2. The van der Waals surface area contributed by atoms with Gasteiger partial charge < -0.3 is 21.9 Å². The molecule has 6 N–H and O–H groups in total. The van der Waals surface area contributed by atoms with Crippen molar-refractivity contribution in [1.29, 1.82) is 0 Å². The van der Waals surface area contributed by atoms with Crippen LogP contribution in [0.1, 0.15) is 24.6 Å². The number of pyridine rings is 1. The lowest BCUT2D eigenvalue weighted by atomic mass is 9.86. The Labute approximate surface area is 203 Å². The quantitative estimate of drug-likeness (QED) is 0.305. The molecule has 4 rings (SSSR count). The topological polar surface area (TPSA) is 194 Å². The summed E-state index contributed by atoms with van der Waals surface area (Å²) < 4.78 is 13.7. The molecule has 3 atom stereocenters. The van der Waals surface area contributed by atoms with E-state index in [0.717, 1.165) is 34.1 Å². The van der Waals surface area contributed by atoms with E-state index in [-0.39, 0.29) is 33.1 Å². The third-order valence-electron chi connectivity index (χ3n) is 5.22. The number of hydrogen-bond donors (Lipinski definition) is 4. The van der Waals surface area contributed by atoms with E-state index < -0.39 is 41.7 Å². The van der Waals surface area contributed by atoms with Crippen LogP contribution in [0.2, 0.25) is 4.34 Å². The Morgan fingerprint density at radius 3 is 2.76 bits per heavy atom. The molecular weight excluding hydrogens is 513 g/mol. The lowest BCUT2D eigenvalue weighted by Gasteiger charge is -2.50. The van der Waals surface area contributed by atoms with Gasteiger partial charge in [-0.1, -0.05) is 34.7 Å². The number of rotatable bonds is 7. The molecule has 178 valence electrons. The molecule has 2 aromatic rings. The predicted molar refractivity (Wildman–Crippen MR) is 121 cm³/mol. The second-order valence-electron chi connectivity index (χ2n) is 7.24. The van der Waals surface area contributed by atoms with Crippen LogP contribution >= 0.6 is 34.7 Å². The van der Waals surface area contributed by atoms with E-state index in [4.69, 9.17) is 23.1 Å². The molecule has 2 unspecified atom stereocenters. The first-order chi connectivity index (χ1) is 16.1. The molecule has 2 aromatic heterocycles. The number of nitrogens with zero attached hydrogens (tertiary/aromatic N) is 4. The molecule has 34 heavy (non-hydrogen) atoms. The van der Waals surface area contributed by atoms with Gasteiger partial charge in [0.05, 0.1) is 6.04 Å². The molecule has 0 aliphatic carbocycles. The first-order valence-corrected chi connectivity index (χ1v) is 11.6. The molecule has 0 saturated carbocycles. The summed E-state index contributed by atoms with van der Waals surface area (Å²) in [6, 6.07) is -2.23. The summed E-state index contributed by atoms with van der Waals surface area (Å²) in [5.74, 6) is -3.99. The first-order valence-electron chi connectivity index (χ1n) is 9.55. The summed E-state index contributed by atoms with van der Waals surface area (Å²) in [7, 11) is 0. The lowest BCUT2D eigenvalue weighted by molar-refractivity contribution is -0.156. The molecule has 0 bridgehead atoms. The van der Waals surface area contributed by atoms with Crippen LogP contribution in [-0.2, 0) is 14.4 Å². The molecule has 1 saturated heterocycles. The van der Waals surface area contributed by atoms with E-state index in [1.165, 1.54) is 6.20 Å². The lowest BCUT2D eigenvalue weighted by Crippen LogP contribution is -2.71. The van der Waals surface area contributed by atoms with Crippen LogP contribution in [-0.4, -0.2) is 49.8 Å². The van der Waals surface area contributed by atoms with Gasteiger partial charge in [0.1, 0.15) is 21.8 Å². The summed E-state index contributed by atoms with van der Waals surface area (Å²) in [5, 5.41) is 15.0. The minimum atomic E-state index is -1.62. The highest BCUT2D eigenvalue weighted by molar-refractivity contribution is 8.03. The number of β-lactam (4-membered cyclic amide) rings is 1. The number of aliphatic carboxylic acids is 1. The number of thioether (sulfide) groups is 1. The van der Waals surface area contributed by atoms with E-state index in [1.54, 1.807) is 0 Å². The highest BCUT2D eigenvalue weighted by Crippen LogP contribution is 2.43. The number of allylic oxidation sites excluding steroid dienone is 1. The van der Waals surface area contributed by atoms with Crippen molar-refractivity contribution in [2.75, 3.05) is 11.5 Å².